The van der Waals surface area contributed by atoms with E-state index in [1.807, 2.05) is 6.92 Å². The number of carbonyl (C=O) groups excluding carboxylic acids is 1. The minimum atomic E-state index is -0.120. The van der Waals surface area contributed by atoms with Gasteiger partial charge in [0.05, 0.1) is 0 Å². The molecule has 2 N–H and O–H groups in total. The quantitative estimate of drug-likeness (QED) is 0.598. The van der Waals surface area contributed by atoms with Crippen LogP contribution in [0.2, 0.25) is 0 Å². The van der Waals surface area contributed by atoms with Crippen LogP contribution in [0.5, 0.6) is 0 Å². The molecule has 3 heteroatoms. The highest BCUT2D eigenvalue weighted by atomic mass is 16.3. The van der Waals surface area contributed by atoms with Crippen molar-refractivity contribution in [2.75, 3.05) is 13.2 Å². The SMILES string of the molecule is CCCC(=O)CCC(CO)CO. The second kappa shape index (κ2) is 7.25. The van der Waals surface area contributed by atoms with E-state index in [9.17, 15) is 4.79 Å². The second-order valence-corrected chi connectivity index (χ2v) is 3.06. The van der Waals surface area contributed by atoms with Gasteiger partial charge in [-0.3, -0.25) is 4.79 Å². The fourth-order valence-corrected chi connectivity index (χ4v) is 1.01. The molecular formula is C9H18O3. The molecule has 0 aliphatic rings. The molecule has 3 nitrogen and oxygen atoms in total. The molecule has 0 aromatic heterocycles. The van der Waals surface area contributed by atoms with E-state index in [1.54, 1.807) is 0 Å². The number of hydrogen-bond acceptors (Lipinski definition) is 3. The number of aliphatic hydroxyl groups excluding tert-OH is 2. The fraction of sp³-hybridized carbons (Fsp3) is 0.889. The van der Waals surface area contributed by atoms with Crippen LogP contribution in [0.25, 0.3) is 0 Å². The summed E-state index contributed by atoms with van der Waals surface area (Å²) in [6, 6.07) is 0. The van der Waals surface area contributed by atoms with Crippen molar-refractivity contribution in [1.82, 2.24) is 0 Å². The fourth-order valence-electron chi connectivity index (χ4n) is 1.01. The number of Topliss-reactive ketones (excluding diaryl/α,β-unsaturated/α-hetero) is 1. The van der Waals surface area contributed by atoms with E-state index in [4.69, 9.17) is 10.2 Å². The molecule has 0 saturated carbocycles. The van der Waals surface area contributed by atoms with Crippen molar-refractivity contribution in [3.63, 3.8) is 0 Å². The van der Waals surface area contributed by atoms with Crippen molar-refractivity contribution in [2.24, 2.45) is 5.92 Å². The van der Waals surface area contributed by atoms with Gasteiger partial charge in [0.2, 0.25) is 0 Å². The topological polar surface area (TPSA) is 57.5 Å². The van der Waals surface area contributed by atoms with Gasteiger partial charge in [0.15, 0.2) is 0 Å². The van der Waals surface area contributed by atoms with Gasteiger partial charge in [-0.2, -0.15) is 0 Å². The maximum absolute atomic E-state index is 11.0. The highest BCUT2D eigenvalue weighted by molar-refractivity contribution is 5.78. The molecule has 0 unspecified atom stereocenters. The summed E-state index contributed by atoms with van der Waals surface area (Å²) in [5.74, 6) is 0.107. The highest BCUT2D eigenvalue weighted by Gasteiger charge is 2.08. The smallest absolute Gasteiger partial charge is 0.132 e. The van der Waals surface area contributed by atoms with Gasteiger partial charge in [-0.15, -0.1) is 0 Å². The van der Waals surface area contributed by atoms with Gasteiger partial charge in [0.1, 0.15) is 5.78 Å². The van der Waals surface area contributed by atoms with Crippen LogP contribution in [0.15, 0.2) is 0 Å². The molecule has 0 aliphatic heterocycles. The Morgan fingerprint density at radius 2 is 1.83 bits per heavy atom. The first-order valence-corrected chi connectivity index (χ1v) is 4.48. The molecule has 0 radical (unpaired) electrons. The molecule has 0 saturated heterocycles. The van der Waals surface area contributed by atoms with Crippen molar-refractivity contribution in [2.45, 2.75) is 32.6 Å². The van der Waals surface area contributed by atoms with Crippen LogP contribution in [0.4, 0.5) is 0 Å². The standard InChI is InChI=1S/C9H18O3/c1-2-3-9(12)5-4-8(6-10)7-11/h8,10-11H,2-7H2,1H3. The molecule has 0 amide bonds. The largest absolute Gasteiger partial charge is 0.396 e. The third-order valence-electron chi connectivity index (χ3n) is 1.88. The van der Waals surface area contributed by atoms with Crippen molar-refractivity contribution in [3.8, 4) is 0 Å². The number of carbonyl (C=O) groups is 1. The molecule has 0 heterocycles. The van der Waals surface area contributed by atoms with E-state index in [0.717, 1.165) is 6.42 Å². The zero-order valence-electron chi connectivity index (χ0n) is 7.62. The van der Waals surface area contributed by atoms with E-state index in [1.165, 1.54) is 0 Å². The zero-order chi connectivity index (χ0) is 9.40. The Kier molecular flexibility index (Phi) is 7.00. The Balaban J connectivity index is 3.44. The van der Waals surface area contributed by atoms with Crippen LogP contribution in [0.1, 0.15) is 32.6 Å². The molecule has 12 heavy (non-hydrogen) atoms. The molecular weight excluding hydrogens is 156 g/mol. The third-order valence-corrected chi connectivity index (χ3v) is 1.88. The predicted octanol–water partition coefficient (Wildman–Crippen LogP) is 0.737. The van der Waals surface area contributed by atoms with Crippen molar-refractivity contribution >= 4 is 5.78 Å². The van der Waals surface area contributed by atoms with E-state index in [-0.39, 0.29) is 24.9 Å². The summed E-state index contributed by atoms with van der Waals surface area (Å²) in [5, 5.41) is 17.4. The Morgan fingerprint density at radius 1 is 1.25 bits per heavy atom. The average Bonchev–Trinajstić information content (AvgIpc) is 2.07. The number of rotatable bonds is 7. The van der Waals surface area contributed by atoms with Gasteiger partial charge in [0.25, 0.3) is 0 Å². The summed E-state index contributed by atoms with van der Waals surface area (Å²) >= 11 is 0. The summed E-state index contributed by atoms with van der Waals surface area (Å²) in [5.41, 5.74) is 0. The van der Waals surface area contributed by atoms with Gasteiger partial charge in [-0.25, -0.2) is 0 Å². The van der Waals surface area contributed by atoms with Gasteiger partial charge in [0, 0.05) is 32.0 Å². The first kappa shape index (κ1) is 11.6. The van der Waals surface area contributed by atoms with Crippen LogP contribution in [0.3, 0.4) is 0 Å². The van der Waals surface area contributed by atoms with E-state index < -0.39 is 0 Å². The molecule has 0 spiro atoms. The normalized spacial score (nSPS) is 10.7. The van der Waals surface area contributed by atoms with Gasteiger partial charge >= 0.3 is 0 Å². The summed E-state index contributed by atoms with van der Waals surface area (Å²) < 4.78 is 0. The lowest BCUT2D eigenvalue weighted by Crippen LogP contribution is -2.12. The Hall–Kier alpha value is -0.410. The van der Waals surface area contributed by atoms with Crippen molar-refractivity contribution in [1.29, 1.82) is 0 Å². The third kappa shape index (κ3) is 5.27. The lowest BCUT2D eigenvalue weighted by atomic mass is 10.0. The number of aliphatic hydroxyl groups is 2. The molecule has 0 bridgehead atoms. The first-order chi connectivity index (χ1) is 5.74. The van der Waals surface area contributed by atoms with Crippen LogP contribution < -0.4 is 0 Å². The van der Waals surface area contributed by atoms with Crippen molar-refractivity contribution in [3.05, 3.63) is 0 Å². The van der Waals surface area contributed by atoms with E-state index in [0.29, 0.717) is 19.3 Å². The summed E-state index contributed by atoms with van der Waals surface area (Å²) in [4.78, 5) is 11.0. The lowest BCUT2D eigenvalue weighted by Gasteiger charge is -2.08. The molecule has 0 aromatic rings. The summed E-state index contributed by atoms with van der Waals surface area (Å²) in [6.45, 7) is 1.90. The number of hydrogen-bond donors (Lipinski definition) is 2. The van der Waals surface area contributed by atoms with Gasteiger partial charge < -0.3 is 10.2 Å². The minimum absolute atomic E-state index is 0.0318. The molecule has 0 atom stereocenters. The first-order valence-electron chi connectivity index (χ1n) is 4.48. The van der Waals surface area contributed by atoms with Crippen LogP contribution >= 0.6 is 0 Å². The highest BCUT2D eigenvalue weighted by Crippen LogP contribution is 2.07. The lowest BCUT2D eigenvalue weighted by molar-refractivity contribution is -0.119. The predicted molar refractivity (Wildman–Crippen MR) is 46.8 cm³/mol. The monoisotopic (exact) mass is 174 g/mol. The average molecular weight is 174 g/mol. The van der Waals surface area contributed by atoms with E-state index >= 15 is 0 Å². The number of ketones is 1. The Bertz CT molecular complexity index is 119. The van der Waals surface area contributed by atoms with Crippen LogP contribution in [-0.2, 0) is 4.79 Å². The molecule has 0 rings (SSSR count). The Labute approximate surface area is 73.4 Å². The van der Waals surface area contributed by atoms with Crippen molar-refractivity contribution < 1.29 is 15.0 Å². The minimum Gasteiger partial charge on any atom is -0.396 e. The molecule has 0 aliphatic carbocycles. The Morgan fingerprint density at radius 3 is 2.25 bits per heavy atom. The second-order valence-electron chi connectivity index (χ2n) is 3.06. The zero-order valence-corrected chi connectivity index (χ0v) is 7.62. The maximum Gasteiger partial charge on any atom is 0.132 e. The summed E-state index contributed by atoms with van der Waals surface area (Å²) in [6.07, 6.45) is 2.58. The summed E-state index contributed by atoms with van der Waals surface area (Å²) in [7, 11) is 0. The van der Waals surface area contributed by atoms with Gasteiger partial charge in [-0.05, 0) is 12.8 Å². The van der Waals surface area contributed by atoms with Crippen LogP contribution in [0, 0.1) is 5.92 Å². The van der Waals surface area contributed by atoms with E-state index in [2.05, 4.69) is 0 Å². The molecule has 0 aromatic carbocycles. The van der Waals surface area contributed by atoms with Gasteiger partial charge in [-0.1, -0.05) is 6.92 Å². The maximum atomic E-state index is 11.0. The molecule has 72 valence electrons. The van der Waals surface area contributed by atoms with Crippen LogP contribution in [-0.4, -0.2) is 29.2 Å². The molecule has 0 fully saturated rings.